The van der Waals surface area contributed by atoms with E-state index in [4.69, 9.17) is 10.5 Å². The number of esters is 1. The highest BCUT2D eigenvalue weighted by Gasteiger charge is 2.32. The Morgan fingerprint density at radius 1 is 0.977 bits per heavy atom. The van der Waals surface area contributed by atoms with Crippen molar-refractivity contribution in [2.75, 3.05) is 18.4 Å². The van der Waals surface area contributed by atoms with E-state index in [9.17, 15) is 33.6 Å². The van der Waals surface area contributed by atoms with Crippen molar-refractivity contribution in [1.82, 2.24) is 15.5 Å². The van der Waals surface area contributed by atoms with E-state index in [1.54, 1.807) is 58.9 Å². The van der Waals surface area contributed by atoms with Crippen molar-refractivity contribution in [3.63, 3.8) is 0 Å². The summed E-state index contributed by atoms with van der Waals surface area (Å²) in [5.74, 6) is -4.25. The summed E-state index contributed by atoms with van der Waals surface area (Å²) in [7, 11) is 0. The van der Waals surface area contributed by atoms with E-state index in [0.29, 0.717) is 12.1 Å². The third kappa shape index (κ3) is 11.3. The molecular formula is C30H41N5O8. The molecular weight excluding hydrogens is 558 g/mol. The van der Waals surface area contributed by atoms with E-state index >= 15 is 0 Å². The number of primary amides is 1. The van der Waals surface area contributed by atoms with Gasteiger partial charge in [0.25, 0.3) is 11.8 Å². The zero-order chi connectivity index (χ0) is 32.3. The number of Topliss-reactive ketones (excluding diaryl/α,β-unsaturated/α-hetero) is 1. The number of nitrogens with one attached hydrogen (secondary N) is 3. The molecule has 2 atom stereocenters. The van der Waals surface area contributed by atoms with Crippen molar-refractivity contribution < 1.29 is 38.3 Å². The van der Waals surface area contributed by atoms with Crippen LogP contribution in [0.25, 0.3) is 0 Å². The van der Waals surface area contributed by atoms with Crippen molar-refractivity contribution in [3.05, 3.63) is 42.0 Å². The zero-order valence-corrected chi connectivity index (χ0v) is 25.2. The molecule has 0 aliphatic carbocycles. The Labute approximate surface area is 250 Å². The molecule has 0 fully saturated rings. The number of carbonyl (C=O) groups is 7. The molecule has 1 heterocycles. The number of benzene rings is 1. The number of carbonyl (C=O) groups excluding carboxylic acids is 7. The summed E-state index contributed by atoms with van der Waals surface area (Å²) in [6, 6.07) is 5.04. The quantitative estimate of drug-likeness (QED) is 0.133. The average Bonchev–Trinajstić information content (AvgIpc) is 3.23. The van der Waals surface area contributed by atoms with E-state index in [1.807, 2.05) is 0 Å². The number of imide groups is 1. The normalized spacial score (nSPS) is 14.3. The fourth-order valence-electron chi connectivity index (χ4n) is 4.12. The molecule has 13 heteroatoms. The largest absolute Gasteiger partial charge is 0.460 e. The molecule has 13 nitrogen and oxygen atoms in total. The van der Waals surface area contributed by atoms with Gasteiger partial charge in [0.2, 0.25) is 11.8 Å². The maximum atomic E-state index is 13.4. The molecule has 0 unspecified atom stereocenters. The Morgan fingerprint density at radius 2 is 1.58 bits per heavy atom. The highest BCUT2D eigenvalue weighted by atomic mass is 16.5. The second kappa shape index (κ2) is 15.6. The van der Waals surface area contributed by atoms with Crippen LogP contribution in [0.4, 0.5) is 10.5 Å². The Morgan fingerprint density at radius 3 is 2.12 bits per heavy atom. The lowest BCUT2D eigenvalue weighted by Crippen LogP contribution is -2.49. The van der Waals surface area contributed by atoms with Gasteiger partial charge in [-0.1, -0.05) is 26.0 Å². The van der Waals surface area contributed by atoms with Gasteiger partial charge in [-0.15, -0.1) is 0 Å². The number of anilines is 1. The molecule has 1 aromatic rings. The van der Waals surface area contributed by atoms with Crippen LogP contribution in [0.1, 0.15) is 59.4 Å². The maximum absolute atomic E-state index is 13.4. The summed E-state index contributed by atoms with van der Waals surface area (Å²) in [6.07, 6.45) is 2.51. The highest BCUT2D eigenvalue weighted by Crippen LogP contribution is 2.20. The number of ether oxygens (including phenoxy) is 1. The molecule has 0 aromatic heterocycles. The van der Waals surface area contributed by atoms with Gasteiger partial charge in [0.1, 0.15) is 13.2 Å². The second-order valence-corrected chi connectivity index (χ2v) is 11.7. The first-order valence-electron chi connectivity index (χ1n) is 14.0. The number of hydrogen-bond acceptors (Lipinski definition) is 8. The van der Waals surface area contributed by atoms with E-state index in [1.165, 1.54) is 0 Å². The number of nitrogens with two attached hydrogens (primary N) is 1. The first kappa shape index (κ1) is 34.7. The Hall–Kier alpha value is -4.55. The van der Waals surface area contributed by atoms with Gasteiger partial charge in [-0.25, -0.2) is 4.79 Å². The van der Waals surface area contributed by atoms with E-state index < -0.39 is 59.4 Å². The van der Waals surface area contributed by atoms with Crippen molar-refractivity contribution in [2.45, 2.75) is 66.5 Å². The van der Waals surface area contributed by atoms with Crippen LogP contribution < -0.4 is 21.7 Å². The summed E-state index contributed by atoms with van der Waals surface area (Å²) in [6.45, 7) is 8.46. The van der Waals surface area contributed by atoms with Gasteiger partial charge in [-0.3, -0.25) is 33.7 Å². The van der Waals surface area contributed by atoms with E-state index in [0.717, 1.165) is 22.6 Å². The number of rotatable bonds is 15. The second-order valence-electron chi connectivity index (χ2n) is 11.7. The van der Waals surface area contributed by atoms with Gasteiger partial charge in [0, 0.05) is 36.7 Å². The molecule has 0 saturated carbocycles. The van der Waals surface area contributed by atoms with Crippen LogP contribution in [-0.4, -0.2) is 65.4 Å². The van der Waals surface area contributed by atoms with Crippen LogP contribution in [0.15, 0.2) is 36.4 Å². The van der Waals surface area contributed by atoms with Crippen molar-refractivity contribution in [3.8, 4) is 0 Å². The minimum Gasteiger partial charge on any atom is -0.460 e. The van der Waals surface area contributed by atoms with E-state index in [-0.39, 0.29) is 37.9 Å². The lowest BCUT2D eigenvalue weighted by Gasteiger charge is -2.25. The smallest absolute Gasteiger partial charge is 0.312 e. The number of urea groups is 1. The monoisotopic (exact) mass is 599 g/mol. The molecule has 6 amide bonds. The minimum absolute atomic E-state index is 0.0766. The van der Waals surface area contributed by atoms with Gasteiger partial charge >= 0.3 is 12.0 Å². The van der Waals surface area contributed by atoms with Gasteiger partial charge in [-0.05, 0) is 57.2 Å². The van der Waals surface area contributed by atoms with Crippen molar-refractivity contribution >= 4 is 47.1 Å². The number of amides is 6. The first-order valence-corrected chi connectivity index (χ1v) is 14.0. The van der Waals surface area contributed by atoms with Crippen molar-refractivity contribution in [1.29, 1.82) is 0 Å². The molecule has 0 radical (unpaired) electrons. The number of hydrogen-bond donors (Lipinski definition) is 4. The molecule has 234 valence electrons. The van der Waals surface area contributed by atoms with Crippen LogP contribution in [-0.2, 0) is 40.1 Å². The molecule has 5 N–H and O–H groups in total. The van der Waals surface area contributed by atoms with Gasteiger partial charge in [0.15, 0.2) is 5.78 Å². The van der Waals surface area contributed by atoms with Crippen LogP contribution in [0.3, 0.4) is 0 Å². The van der Waals surface area contributed by atoms with Gasteiger partial charge < -0.3 is 26.4 Å². The maximum Gasteiger partial charge on any atom is 0.312 e. The molecule has 0 bridgehead atoms. The summed E-state index contributed by atoms with van der Waals surface area (Å²) < 4.78 is 5.31. The molecule has 1 aliphatic rings. The van der Waals surface area contributed by atoms with Crippen LogP contribution in [0.5, 0.6) is 0 Å². The molecule has 1 aliphatic heterocycles. The predicted octanol–water partition coefficient (Wildman–Crippen LogP) is 1.80. The third-order valence-electron chi connectivity index (χ3n) is 6.58. The fourth-order valence-corrected chi connectivity index (χ4v) is 4.12. The zero-order valence-electron chi connectivity index (χ0n) is 25.2. The molecule has 43 heavy (non-hydrogen) atoms. The average molecular weight is 600 g/mol. The standard InChI is InChI=1S/C30H41N5O8/c1-18(2)26(34-23(37)16-35-24(38)12-13-25(35)39)22(36)15-20(7-6-14-32-29(31)42)27(40)33-21-10-8-19(9-11-21)17-43-28(41)30(3,4)5/h8-13,18,20,26H,6-7,14-17H2,1-5H3,(H,33,40)(H,34,37)(H3,31,32,42)/t20-,26+/m1/s1. The summed E-state index contributed by atoms with van der Waals surface area (Å²) in [5.41, 5.74) is 5.68. The Balaban J connectivity index is 2.07. The lowest BCUT2D eigenvalue weighted by molar-refractivity contribution is -0.154. The van der Waals surface area contributed by atoms with Crippen LogP contribution in [0, 0.1) is 17.3 Å². The van der Waals surface area contributed by atoms with Crippen LogP contribution in [0.2, 0.25) is 0 Å². The highest BCUT2D eigenvalue weighted by molar-refractivity contribution is 6.14. The van der Waals surface area contributed by atoms with Gasteiger partial charge in [0.05, 0.1) is 11.5 Å². The van der Waals surface area contributed by atoms with Gasteiger partial charge in [-0.2, -0.15) is 0 Å². The minimum atomic E-state index is -0.970. The summed E-state index contributed by atoms with van der Waals surface area (Å²) >= 11 is 0. The molecule has 1 aromatic carbocycles. The molecule has 0 spiro atoms. The lowest BCUT2D eigenvalue weighted by atomic mass is 9.89. The number of ketones is 1. The Kier molecular flexibility index (Phi) is 12.6. The topological polar surface area (TPSA) is 194 Å². The van der Waals surface area contributed by atoms with Crippen molar-refractivity contribution in [2.24, 2.45) is 23.0 Å². The first-order chi connectivity index (χ1) is 20.1. The summed E-state index contributed by atoms with van der Waals surface area (Å²) in [5, 5.41) is 7.84. The molecule has 0 saturated heterocycles. The SMILES string of the molecule is CC(C)[C@H](NC(=O)CN1C(=O)C=CC1=O)C(=O)C[C@@H](CCCNC(N)=O)C(=O)Nc1ccc(COC(=O)C(C)(C)C)cc1. The van der Waals surface area contributed by atoms with Crippen LogP contribution >= 0.6 is 0 Å². The van der Waals surface area contributed by atoms with E-state index in [2.05, 4.69) is 16.0 Å². The molecule has 2 rings (SSSR count). The Bertz CT molecular complexity index is 1230. The predicted molar refractivity (Wildman–Crippen MR) is 157 cm³/mol. The fraction of sp³-hybridized carbons (Fsp3) is 0.500. The number of nitrogens with zero attached hydrogens (tertiary/aromatic N) is 1. The summed E-state index contributed by atoms with van der Waals surface area (Å²) in [4.78, 5) is 86.7. The third-order valence-corrected chi connectivity index (χ3v) is 6.58.